The lowest BCUT2D eigenvalue weighted by atomic mass is 9.85. The number of carbonyl (C=O) groups excluding carboxylic acids is 2. The van der Waals surface area contributed by atoms with Crippen LogP contribution >= 0.6 is 0 Å². The van der Waals surface area contributed by atoms with Crippen LogP contribution in [0, 0.1) is 17.3 Å². The van der Waals surface area contributed by atoms with E-state index >= 15 is 0 Å². The summed E-state index contributed by atoms with van der Waals surface area (Å²) in [5, 5.41) is 0. The first-order chi connectivity index (χ1) is 12.4. The maximum atomic E-state index is 12.6. The highest BCUT2D eigenvalue weighted by molar-refractivity contribution is 6.79. The summed E-state index contributed by atoms with van der Waals surface area (Å²) in [5.41, 5.74) is -1.18. The smallest absolute Gasteiger partial charge is 0.323 e. The van der Waals surface area contributed by atoms with Crippen LogP contribution in [0.15, 0.2) is 12.2 Å². The number of ether oxygens (including phenoxy) is 2. The SMILES string of the molecule is [2H]CC/C=C/[C@@H]1CC(C(=O)OC)(C(=O)OC)C[C@H]1C[Si](CC)(CC)CC. The second kappa shape index (κ2) is 9.55. The van der Waals surface area contributed by atoms with E-state index in [0.29, 0.717) is 32.1 Å². The average Bonchev–Trinajstić information content (AvgIpc) is 3.04. The van der Waals surface area contributed by atoms with Crippen molar-refractivity contribution in [1.29, 1.82) is 0 Å². The first kappa shape index (κ1) is 20.2. The molecule has 0 saturated heterocycles. The van der Waals surface area contributed by atoms with Crippen LogP contribution in [0.3, 0.4) is 0 Å². The monoisotopic (exact) mass is 369 g/mol. The Kier molecular flexibility index (Phi) is 7.72. The van der Waals surface area contributed by atoms with Crippen molar-refractivity contribution >= 4 is 20.0 Å². The van der Waals surface area contributed by atoms with Gasteiger partial charge in [0.05, 0.1) is 22.3 Å². The molecule has 1 aliphatic rings. The van der Waals surface area contributed by atoms with Crippen molar-refractivity contribution in [1.82, 2.24) is 0 Å². The Hall–Kier alpha value is -1.10. The largest absolute Gasteiger partial charge is 0.468 e. The van der Waals surface area contributed by atoms with E-state index in [0.717, 1.165) is 6.04 Å². The Morgan fingerprint density at radius 1 is 1.12 bits per heavy atom. The fourth-order valence-electron chi connectivity index (χ4n) is 4.52. The van der Waals surface area contributed by atoms with Crippen LogP contribution in [-0.2, 0) is 19.1 Å². The zero-order valence-electron chi connectivity index (χ0n) is 17.6. The molecule has 1 rings (SSSR count). The zero-order valence-corrected chi connectivity index (χ0v) is 17.6. The number of methoxy groups -OCH3 is 2. The van der Waals surface area contributed by atoms with E-state index in [1.807, 2.05) is 6.08 Å². The van der Waals surface area contributed by atoms with Gasteiger partial charge in [-0.05, 0) is 31.1 Å². The topological polar surface area (TPSA) is 52.6 Å². The molecule has 0 bridgehead atoms. The van der Waals surface area contributed by atoms with Crippen molar-refractivity contribution in [3.63, 3.8) is 0 Å². The maximum Gasteiger partial charge on any atom is 0.323 e. The predicted octanol–water partition coefficient (Wildman–Crippen LogP) is 4.82. The minimum absolute atomic E-state index is 0.163. The molecule has 4 nitrogen and oxygen atoms in total. The minimum Gasteiger partial charge on any atom is -0.468 e. The summed E-state index contributed by atoms with van der Waals surface area (Å²) in [6, 6.07) is 4.80. The number of allylic oxidation sites excluding steroid dienone is 2. The van der Waals surface area contributed by atoms with E-state index in [1.54, 1.807) is 0 Å². The highest BCUT2D eigenvalue weighted by Gasteiger charge is 2.57. The molecule has 1 fully saturated rings. The van der Waals surface area contributed by atoms with Crippen molar-refractivity contribution in [2.45, 2.75) is 71.1 Å². The van der Waals surface area contributed by atoms with Gasteiger partial charge in [0.25, 0.3) is 0 Å². The number of hydrogen-bond acceptors (Lipinski definition) is 4. The molecule has 0 aromatic heterocycles. The number of rotatable bonds is 9. The lowest BCUT2D eigenvalue weighted by Crippen LogP contribution is -2.40. The Morgan fingerprint density at radius 2 is 1.68 bits per heavy atom. The third-order valence-electron chi connectivity index (χ3n) is 6.45. The molecule has 1 aliphatic carbocycles. The molecule has 0 aromatic rings. The molecule has 2 atom stereocenters. The van der Waals surface area contributed by atoms with E-state index in [-0.39, 0.29) is 5.92 Å². The molecule has 0 heterocycles. The Balaban J connectivity index is 3.22. The first-order valence-electron chi connectivity index (χ1n) is 10.2. The molecule has 1 saturated carbocycles. The normalized spacial score (nSPS) is 23.5. The van der Waals surface area contributed by atoms with Crippen molar-refractivity contribution in [3.05, 3.63) is 12.2 Å². The van der Waals surface area contributed by atoms with Crippen LogP contribution in [0.2, 0.25) is 24.2 Å². The van der Waals surface area contributed by atoms with Gasteiger partial charge in [0.1, 0.15) is 0 Å². The molecule has 25 heavy (non-hydrogen) atoms. The summed E-state index contributed by atoms with van der Waals surface area (Å²) in [4.78, 5) is 25.1. The Labute approximate surface area is 155 Å². The molecule has 0 unspecified atom stereocenters. The standard InChI is InChI=1S/C20H36O4Si/c1-7-11-12-16-13-20(18(21)23-5,19(22)24-6)14-17(16)15-25(8-2,9-3)10-4/h11-12,16-17H,7-10,13-15H2,1-6H3/b12-11+/t16-,17+/m1/s1/i1D. The van der Waals surface area contributed by atoms with Gasteiger partial charge in [0, 0.05) is 1.37 Å². The quantitative estimate of drug-likeness (QED) is 0.253. The lowest BCUT2D eigenvalue weighted by molar-refractivity contribution is -0.169. The fraction of sp³-hybridized carbons (Fsp3) is 0.800. The summed E-state index contributed by atoms with van der Waals surface area (Å²) in [6.45, 7) is 7.21. The van der Waals surface area contributed by atoms with Crippen LogP contribution in [0.5, 0.6) is 0 Å². The van der Waals surface area contributed by atoms with Gasteiger partial charge in [0.2, 0.25) is 0 Å². The van der Waals surface area contributed by atoms with Crippen LogP contribution < -0.4 is 0 Å². The van der Waals surface area contributed by atoms with E-state index in [2.05, 4.69) is 26.8 Å². The molecule has 5 heteroatoms. The average molecular weight is 370 g/mol. The Bertz CT molecular complexity index is 478. The molecule has 0 radical (unpaired) electrons. The highest BCUT2D eigenvalue weighted by atomic mass is 28.3. The van der Waals surface area contributed by atoms with Gasteiger partial charge in [-0.3, -0.25) is 9.59 Å². The molecule has 0 amide bonds. The van der Waals surface area contributed by atoms with Gasteiger partial charge in [-0.1, -0.05) is 64.0 Å². The molecule has 144 valence electrons. The molecular formula is C20H36O4Si. The van der Waals surface area contributed by atoms with E-state index in [1.165, 1.54) is 32.4 Å². The second-order valence-corrected chi connectivity index (χ2v) is 12.9. The second-order valence-electron chi connectivity index (χ2n) is 7.38. The minimum atomic E-state index is -1.40. The number of carbonyl (C=O) groups is 2. The number of hydrogen-bond donors (Lipinski definition) is 0. The van der Waals surface area contributed by atoms with Crippen LogP contribution in [0.25, 0.3) is 0 Å². The lowest BCUT2D eigenvalue weighted by Gasteiger charge is -2.33. The molecule has 0 aromatic carbocycles. The third kappa shape index (κ3) is 4.55. The van der Waals surface area contributed by atoms with Gasteiger partial charge in [-0.25, -0.2) is 0 Å². The van der Waals surface area contributed by atoms with E-state index < -0.39 is 25.4 Å². The van der Waals surface area contributed by atoms with Crippen molar-refractivity contribution in [3.8, 4) is 0 Å². The van der Waals surface area contributed by atoms with Gasteiger partial charge in [-0.2, -0.15) is 0 Å². The van der Waals surface area contributed by atoms with E-state index in [9.17, 15) is 9.59 Å². The van der Waals surface area contributed by atoms with Crippen molar-refractivity contribution < 1.29 is 20.4 Å². The number of esters is 2. The summed E-state index contributed by atoms with van der Waals surface area (Å²) in [6.07, 6.45) is 5.82. The van der Waals surface area contributed by atoms with Gasteiger partial charge in [-0.15, -0.1) is 0 Å². The van der Waals surface area contributed by atoms with Crippen molar-refractivity contribution in [2.75, 3.05) is 14.2 Å². The van der Waals surface area contributed by atoms with Crippen LogP contribution in [-0.4, -0.2) is 34.2 Å². The summed E-state index contributed by atoms with van der Waals surface area (Å²) >= 11 is 0. The van der Waals surface area contributed by atoms with Crippen LogP contribution in [0.1, 0.15) is 48.3 Å². The van der Waals surface area contributed by atoms with Gasteiger partial charge < -0.3 is 9.47 Å². The summed E-state index contributed by atoms with van der Waals surface area (Å²) in [7, 11) is 1.28. The molecular weight excluding hydrogens is 332 g/mol. The van der Waals surface area contributed by atoms with Gasteiger partial charge in [0.15, 0.2) is 5.41 Å². The first-order valence-corrected chi connectivity index (χ1v) is 12.3. The van der Waals surface area contributed by atoms with Gasteiger partial charge >= 0.3 is 11.9 Å². The fourth-order valence-corrected chi connectivity index (χ4v) is 8.44. The third-order valence-corrected chi connectivity index (χ3v) is 12.3. The highest BCUT2D eigenvalue weighted by Crippen LogP contribution is 2.51. The summed E-state index contributed by atoms with van der Waals surface area (Å²) < 4.78 is 17.4. The molecule has 0 N–H and O–H groups in total. The maximum absolute atomic E-state index is 12.6. The van der Waals surface area contributed by atoms with Crippen molar-refractivity contribution in [2.24, 2.45) is 17.3 Å². The molecule has 0 spiro atoms. The summed E-state index contributed by atoms with van der Waals surface area (Å²) in [5.74, 6) is -0.483. The van der Waals surface area contributed by atoms with E-state index in [4.69, 9.17) is 10.8 Å². The molecule has 0 aliphatic heterocycles. The predicted molar refractivity (Wildman–Crippen MR) is 104 cm³/mol. The zero-order chi connectivity index (χ0) is 19.8. The Morgan fingerprint density at radius 3 is 2.12 bits per heavy atom. The van der Waals surface area contributed by atoms with Crippen LogP contribution in [0.4, 0.5) is 0 Å².